The smallest absolute Gasteiger partial charge is 0.000133 e. The van der Waals surface area contributed by atoms with E-state index < -0.39 is 0 Å². The molecule has 0 saturated carbocycles. The predicted molar refractivity (Wildman–Crippen MR) is 69.0 cm³/mol. The van der Waals surface area contributed by atoms with Crippen molar-refractivity contribution in [2.45, 2.75) is 46.5 Å². The number of hydrogen-bond donors (Lipinski definition) is 1. The maximum absolute atomic E-state index is 5.59. The molecule has 0 amide bonds. The van der Waals surface area contributed by atoms with E-state index in [0.717, 1.165) is 18.4 Å². The number of rotatable bonds is 9. The van der Waals surface area contributed by atoms with Crippen LogP contribution in [-0.4, -0.2) is 31.6 Å². The SMILES string of the molecule is CCC(CCN)CCCN(C)CC(C)C. The second-order valence-corrected chi connectivity index (χ2v) is 5.15. The third kappa shape index (κ3) is 8.88. The molecule has 0 aliphatic carbocycles. The Morgan fingerprint density at radius 2 is 1.87 bits per heavy atom. The van der Waals surface area contributed by atoms with Gasteiger partial charge in [-0.2, -0.15) is 0 Å². The van der Waals surface area contributed by atoms with Gasteiger partial charge < -0.3 is 10.6 Å². The van der Waals surface area contributed by atoms with Gasteiger partial charge in [-0.15, -0.1) is 0 Å². The third-order valence-corrected chi connectivity index (χ3v) is 2.98. The molecule has 0 radical (unpaired) electrons. The van der Waals surface area contributed by atoms with Crippen LogP contribution in [0.15, 0.2) is 0 Å². The first-order chi connectivity index (χ1) is 7.10. The molecule has 0 aromatic rings. The Hall–Kier alpha value is -0.0800. The summed E-state index contributed by atoms with van der Waals surface area (Å²) in [5.41, 5.74) is 5.59. The minimum Gasteiger partial charge on any atom is -0.330 e. The summed E-state index contributed by atoms with van der Waals surface area (Å²) in [6.07, 6.45) is 5.15. The van der Waals surface area contributed by atoms with Gasteiger partial charge in [-0.05, 0) is 51.2 Å². The Morgan fingerprint density at radius 1 is 1.20 bits per heavy atom. The van der Waals surface area contributed by atoms with Crippen LogP contribution in [0.25, 0.3) is 0 Å². The summed E-state index contributed by atoms with van der Waals surface area (Å²) in [7, 11) is 2.23. The number of nitrogens with two attached hydrogens (primary N) is 1. The quantitative estimate of drug-likeness (QED) is 0.639. The van der Waals surface area contributed by atoms with E-state index in [9.17, 15) is 0 Å². The Bertz CT molecular complexity index is 134. The van der Waals surface area contributed by atoms with Gasteiger partial charge in [-0.25, -0.2) is 0 Å². The van der Waals surface area contributed by atoms with Gasteiger partial charge in [0.25, 0.3) is 0 Å². The molecule has 0 rings (SSSR count). The summed E-state index contributed by atoms with van der Waals surface area (Å²) in [4.78, 5) is 2.44. The molecular formula is C13H30N2. The van der Waals surface area contributed by atoms with Gasteiger partial charge in [-0.3, -0.25) is 0 Å². The Labute approximate surface area is 96.2 Å². The van der Waals surface area contributed by atoms with Crippen LogP contribution in [0.3, 0.4) is 0 Å². The van der Waals surface area contributed by atoms with Crippen molar-refractivity contribution in [3.05, 3.63) is 0 Å². The van der Waals surface area contributed by atoms with Crippen molar-refractivity contribution in [2.75, 3.05) is 26.7 Å². The van der Waals surface area contributed by atoms with Gasteiger partial charge in [0, 0.05) is 6.54 Å². The summed E-state index contributed by atoms with van der Waals surface area (Å²) in [5.74, 6) is 1.63. The fourth-order valence-electron chi connectivity index (χ4n) is 2.15. The molecule has 0 spiro atoms. The van der Waals surface area contributed by atoms with Gasteiger partial charge in [0.1, 0.15) is 0 Å². The number of nitrogens with zero attached hydrogens (tertiary/aromatic N) is 1. The minimum atomic E-state index is 0.779. The van der Waals surface area contributed by atoms with E-state index in [0.29, 0.717) is 0 Å². The fraction of sp³-hybridized carbons (Fsp3) is 1.00. The summed E-state index contributed by atoms with van der Waals surface area (Å²) >= 11 is 0. The molecule has 0 saturated heterocycles. The standard InChI is InChI=1S/C13H30N2/c1-5-13(8-9-14)7-6-10-15(4)11-12(2)3/h12-13H,5-11,14H2,1-4H3. The Balaban J connectivity index is 3.49. The van der Waals surface area contributed by atoms with Crippen LogP contribution in [0.1, 0.15) is 46.5 Å². The van der Waals surface area contributed by atoms with Crippen molar-refractivity contribution in [3.63, 3.8) is 0 Å². The monoisotopic (exact) mass is 214 g/mol. The van der Waals surface area contributed by atoms with Crippen LogP contribution >= 0.6 is 0 Å². The molecule has 0 aromatic heterocycles. The topological polar surface area (TPSA) is 29.3 Å². The lowest BCUT2D eigenvalue weighted by Gasteiger charge is -2.20. The van der Waals surface area contributed by atoms with Crippen LogP contribution in [0, 0.1) is 11.8 Å². The summed E-state index contributed by atoms with van der Waals surface area (Å²) in [6, 6.07) is 0. The molecule has 1 atom stereocenters. The van der Waals surface area contributed by atoms with Crippen molar-refractivity contribution in [1.29, 1.82) is 0 Å². The van der Waals surface area contributed by atoms with Crippen molar-refractivity contribution in [2.24, 2.45) is 17.6 Å². The predicted octanol–water partition coefficient (Wildman–Crippen LogP) is 2.73. The molecule has 0 aliphatic heterocycles. The fourth-order valence-corrected chi connectivity index (χ4v) is 2.15. The van der Waals surface area contributed by atoms with E-state index in [2.05, 4.69) is 32.7 Å². The van der Waals surface area contributed by atoms with Crippen LogP contribution in [-0.2, 0) is 0 Å². The van der Waals surface area contributed by atoms with E-state index in [-0.39, 0.29) is 0 Å². The van der Waals surface area contributed by atoms with Crippen molar-refractivity contribution in [3.8, 4) is 0 Å². The normalized spacial score (nSPS) is 13.8. The van der Waals surface area contributed by atoms with Gasteiger partial charge in [0.2, 0.25) is 0 Å². The lowest BCUT2D eigenvalue weighted by Crippen LogP contribution is -2.24. The van der Waals surface area contributed by atoms with Gasteiger partial charge in [0.05, 0.1) is 0 Å². The summed E-state index contributed by atoms with van der Waals surface area (Å²) in [6.45, 7) is 10.1. The zero-order valence-corrected chi connectivity index (χ0v) is 11.1. The highest BCUT2D eigenvalue weighted by Gasteiger charge is 2.06. The van der Waals surface area contributed by atoms with Crippen molar-refractivity contribution >= 4 is 0 Å². The van der Waals surface area contributed by atoms with Crippen molar-refractivity contribution in [1.82, 2.24) is 4.90 Å². The maximum Gasteiger partial charge on any atom is 0.000133 e. The first kappa shape index (κ1) is 14.9. The highest BCUT2D eigenvalue weighted by Crippen LogP contribution is 2.14. The molecule has 2 nitrogen and oxygen atoms in total. The zero-order chi connectivity index (χ0) is 11.7. The first-order valence-corrected chi connectivity index (χ1v) is 6.48. The first-order valence-electron chi connectivity index (χ1n) is 6.48. The molecule has 1 unspecified atom stereocenters. The molecule has 0 fully saturated rings. The molecule has 0 bridgehead atoms. The molecule has 92 valence electrons. The average molecular weight is 214 g/mol. The Morgan fingerprint density at radius 3 is 2.33 bits per heavy atom. The van der Waals surface area contributed by atoms with E-state index in [1.165, 1.54) is 38.8 Å². The molecule has 0 aliphatic rings. The summed E-state index contributed by atoms with van der Waals surface area (Å²) < 4.78 is 0. The van der Waals surface area contributed by atoms with E-state index >= 15 is 0 Å². The maximum atomic E-state index is 5.59. The summed E-state index contributed by atoms with van der Waals surface area (Å²) in [5, 5.41) is 0. The lowest BCUT2D eigenvalue weighted by atomic mass is 9.96. The average Bonchev–Trinajstić information content (AvgIpc) is 2.15. The minimum absolute atomic E-state index is 0.779. The Kier molecular flexibility index (Phi) is 9.12. The molecule has 15 heavy (non-hydrogen) atoms. The van der Waals surface area contributed by atoms with E-state index in [1.807, 2.05) is 0 Å². The van der Waals surface area contributed by atoms with Crippen LogP contribution in [0.4, 0.5) is 0 Å². The molecule has 2 heteroatoms. The highest BCUT2D eigenvalue weighted by molar-refractivity contribution is 4.61. The van der Waals surface area contributed by atoms with Crippen LogP contribution in [0.2, 0.25) is 0 Å². The molecular weight excluding hydrogens is 184 g/mol. The third-order valence-electron chi connectivity index (χ3n) is 2.98. The number of hydrogen-bond acceptors (Lipinski definition) is 2. The molecule has 2 N–H and O–H groups in total. The second kappa shape index (κ2) is 9.17. The zero-order valence-electron chi connectivity index (χ0n) is 11.1. The van der Waals surface area contributed by atoms with E-state index in [1.54, 1.807) is 0 Å². The molecule has 0 heterocycles. The lowest BCUT2D eigenvalue weighted by molar-refractivity contribution is 0.277. The second-order valence-electron chi connectivity index (χ2n) is 5.15. The highest BCUT2D eigenvalue weighted by atomic mass is 15.1. The van der Waals surface area contributed by atoms with Crippen LogP contribution in [0.5, 0.6) is 0 Å². The largest absolute Gasteiger partial charge is 0.330 e. The van der Waals surface area contributed by atoms with Gasteiger partial charge in [-0.1, -0.05) is 27.2 Å². The van der Waals surface area contributed by atoms with Crippen LogP contribution < -0.4 is 5.73 Å². The van der Waals surface area contributed by atoms with Crippen molar-refractivity contribution < 1.29 is 0 Å². The molecule has 0 aromatic carbocycles. The van der Waals surface area contributed by atoms with Gasteiger partial charge >= 0.3 is 0 Å². The van der Waals surface area contributed by atoms with E-state index in [4.69, 9.17) is 5.73 Å². The van der Waals surface area contributed by atoms with Gasteiger partial charge in [0.15, 0.2) is 0 Å².